The van der Waals surface area contributed by atoms with Crippen molar-refractivity contribution < 1.29 is 29.0 Å². The molecule has 4 unspecified atom stereocenters. The molecule has 0 radical (unpaired) electrons. The highest BCUT2D eigenvalue weighted by molar-refractivity contribution is 6.23. The Labute approximate surface area is 287 Å². The zero-order chi connectivity index (χ0) is 34.1. The van der Waals surface area contributed by atoms with Gasteiger partial charge >= 0.3 is 5.97 Å². The maximum Gasteiger partial charge on any atom is 0.350 e. The average Bonchev–Trinajstić information content (AvgIpc) is 3.81. The van der Waals surface area contributed by atoms with E-state index < -0.39 is 29.0 Å². The number of aliphatic hydroxyl groups excluding tert-OH is 1. The highest BCUT2D eigenvalue weighted by Crippen LogP contribution is 2.62. The first-order valence-corrected chi connectivity index (χ1v) is 19.3. The quantitative estimate of drug-likeness (QED) is 0.0989. The summed E-state index contributed by atoms with van der Waals surface area (Å²) < 4.78 is 12.4. The number of carbonyl (C=O) groups is 3. The summed E-state index contributed by atoms with van der Waals surface area (Å²) in [6, 6.07) is 0.0765. The van der Waals surface area contributed by atoms with Crippen LogP contribution in [0.4, 0.5) is 0 Å². The van der Waals surface area contributed by atoms with Gasteiger partial charge in [0.1, 0.15) is 0 Å². The number of Topliss-reactive ketones (excluding diaryl/α,β-unsaturated/α-hetero) is 2. The SMILES string of the molecule is CCN[C@@H]1C=C[C@H](CC)C[C@H]1COC(=O)[C@]12O[C@@]1(CC(CO)=C(C)CC1(C3CCNC(N)C3)CCCCC1)C(=O)C1CCCCC1C2=O. The van der Waals surface area contributed by atoms with E-state index in [1.54, 1.807) is 0 Å². The molecule has 5 fully saturated rings. The number of allylic oxidation sites excluding steroid dienone is 2. The van der Waals surface area contributed by atoms with E-state index in [1.165, 1.54) is 19.3 Å². The van der Waals surface area contributed by atoms with E-state index in [0.717, 1.165) is 82.0 Å². The van der Waals surface area contributed by atoms with Crippen LogP contribution in [0.5, 0.6) is 0 Å². The first kappa shape index (κ1) is 35.9. The molecule has 0 aromatic heterocycles. The number of rotatable bonds is 12. The predicted octanol–water partition coefficient (Wildman–Crippen LogP) is 4.90. The van der Waals surface area contributed by atoms with Crippen molar-refractivity contribution >= 4 is 17.5 Å². The lowest BCUT2D eigenvalue weighted by Crippen LogP contribution is -2.58. The second-order valence-corrected chi connectivity index (χ2v) is 16.2. The van der Waals surface area contributed by atoms with Gasteiger partial charge in [-0.1, -0.05) is 63.7 Å². The van der Waals surface area contributed by atoms with Gasteiger partial charge in [0.15, 0.2) is 17.2 Å². The maximum absolute atomic E-state index is 14.5. The van der Waals surface area contributed by atoms with Crippen molar-refractivity contribution in [1.29, 1.82) is 0 Å². The topological polar surface area (TPSA) is 143 Å². The molecule has 3 saturated carbocycles. The van der Waals surface area contributed by atoms with E-state index in [9.17, 15) is 19.5 Å². The number of piperidine rings is 1. The fourth-order valence-electron chi connectivity index (χ4n) is 10.6. The Morgan fingerprint density at radius 2 is 1.75 bits per heavy atom. The molecule has 9 heteroatoms. The second-order valence-electron chi connectivity index (χ2n) is 16.2. The third-order valence-corrected chi connectivity index (χ3v) is 13.5. The Balaban J connectivity index is 1.27. The number of likely N-dealkylation sites (N-methyl/N-ethyl adjacent to an activating group) is 1. The Hall–Kier alpha value is -1.91. The zero-order valence-electron chi connectivity index (χ0n) is 29.7. The highest BCUT2D eigenvalue weighted by atomic mass is 16.7. The van der Waals surface area contributed by atoms with E-state index in [1.807, 2.05) is 0 Å². The molecular formula is C39H61N3O6. The average molecular weight is 668 g/mol. The monoisotopic (exact) mass is 667 g/mol. The van der Waals surface area contributed by atoms with Crippen LogP contribution in [0.15, 0.2) is 23.3 Å². The van der Waals surface area contributed by atoms with Gasteiger partial charge in [-0.3, -0.25) is 9.59 Å². The number of ether oxygens (including phenoxy) is 2. The van der Waals surface area contributed by atoms with Gasteiger partial charge in [-0.2, -0.15) is 0 Å². The summed E-state index contributed by atoms with van der Waals surface area (Å²) in [5.41, 5.74) is 4.73. The van der Waals surface area contributed by atoms with Crippen LogP contribution >= 0.6 is 0 Å². The standard InChI is InChI=1S/C39H61N3O6/c1-4-26-13-14-32(41-5-2)27(19-26)24-47-36(46)39-35(45)31-12-8-7-11-30(31)34(44)38(39,48-39)22-28(23-43)25(3)21-37(16-9-6-10-17-37)29-15-18-42-33(40)20-29/h13-14,26-27,29-33,41-43H,4-12,15-24,40H2,1-3H3/t26-,27-,29?,30?,31?,32+,33?,38-,39-/m0/s1. The van der Waals surface area contributed by atoms with Crippen molar-refractivity contribution in [2.75, 3.05) is 26.3 Å². The second kappa shape index (κ2) is 14.7. The molecule has 6 rings (SSSR count). The summed E-state index contributed by atoms with van der Waals surface area (Å²) in [4.78, 5) is 43.1. The van der Waals surface area contributed by atoms with Gasteiger partial charge in [-0.05, 0) is 101 Å². The number of hydrogen-bond donors (Lipinski definition) is 4. The Bertz CT molecular complexity index is 1270. The van der Waals surface area contributed by atoms with Crippen molar-refractivity contribution in [3.8, 4) is 0 Å². The molecule has 268 valence electrons. The van der Waals surface area contributed by atoms with Crippen molar-refractivity contribution in [3.63, 3.8) is 0 Å². The Morgan fingerprint density at radius 3 is 2.42 bits per heavy atom. The van der Waals surface area contributed by atoms with Gasteiger partial charge in [-0.25, -0.2) is 4.79 Å². The number of carbonyl (C=O) groups excluding carboxylic acids is 3. The van der Waals surface area contributed by atoms with Crippen LogP contribution in [0.1, 0.15) is 117 Å². The van der Waals surface area contributed by atoms with Crippen molar-refractivity contribution in [2.24, 2.45) is 40.7 Å². The molecular weight excluding hydrogens is 606 g/mol. The van der Waals surface area contributed by atoms with Crippen LogP contribution in [-0.2, 0) is 23.9 Å². The van der Waals surface area contributed by atoms with Crippen LogP contribution < -0.4 is 16.4 Å². The largest absolute Gasteiger partial charge is 0.463 e. The number of ketones is 2. The molecule has 2 aliphatic heterocycles. The number of aliphatic hydroxyl groups is 1. The molecule has 0 aromatic carbocycles. The lowest BCUT2D eigenvalue weighted by atomic mass is 9.59. The fraction of sp³-hybridized carbons (Fsp3) is 0.821. The van der Waals surface area contributed by atoms with Crippen LogP contribution in [0.3, 0.4) is 0 Å². The molecule has 2 saturated heterocycles. The maximum atomic E-state index is 14.5. The smallest absolute Gasteiger partial charge is 0.350 e. The minimum atomic E-state index is -1.92. The van der Waals surface area contributed by atoms with Crippen molar-refractivity contribution in [3.05, 3.63) is 23.3 Å². The van der Waals surface area contributed by atoms with Gasteiger partial charge in [0, 0.05) is 30.2 Å². The number of epoxide rings is 1. The molecule has 5 N–H and O–H groups in total. The lowest BCUT2D eigenvalue weighted by molar-refractivity contribution is -0.160. The number of hydrogen-bond acceptors (Lipinski definition) is 9. The summed E-state index contributed by atoms with van der Waals surface area (Å²) in [5, 5.41) is 17.8. The molecule has 6 aliphatic rings. The molecule has 0 aromatic rings. The van der Waals surface area contributed by atoms with E-state index in [2.05, 4.69) is 43.6 Å². The van der Waals surface area contributed by atoms with Crippen LogP contribution in [0.2, 0.25) is 0 Å². The van der Waals surface area contributed by atoms with E-state index in [-0.39, 0.29) is 54.7 Å². The predicted molar refractivity (Wildman–Crippen MR) is 185 cm³/mol. The van der Waals surface area contributed by atoms with E-state index >= 15 is 0 Å². The van der Waals surface area contributed by atoms with Gasteiger partial charge in [0.25, 0.3) is 5.60 Å². The molecule has 0 bridgehead atoms. The van der Waals surface area contributed by atoms with Gasteiger partial charge in [0.05, 0.1) is 19.4 Å². The van der Waals surface area contributed by atoms with Gasteiger partial charge < -0.3 is 30.9 Å². The third kappa shape index (κ3) is 6.40. The van der Waals surface area contributed by atoms with Crippen LogP contribution in [-0.4, -0.2) is 72.4 Å². The number of fused-ring (bicyclic) bond motifs is 2. The van der Waals surface area contributed by atoms with Crippen molar-refractivity contribution in [2.45, 2.75) is 140 Å². The molecule has 2 heterocycles. The first-order valence-electron chi connectivity index (χ1n) is 19.3. The molecule has 9 nitrogen and oxygen atoms in total. The van der Waals surface area contributed by atoms with Gasteiger partial charge in [-0.15, -0.1) is 0 Å². The number of nitrogens with one attached hydrogen (secondary N) is 2. The van der Waals surface area contributed by atoms with Gasteiger partial charge in [0.2, 0.25) is 0 Å². The first-order chi connectivity index (χ1) is 23.1. The summed E-state index contributed by atoms with van der Waals surface area (Å²) >= 11 is 0. The highest BCUT2D eigenvalue weighted by Gasteiger charge is 2.87. The zero-order valence-corrected chi connectivity index (χ0v) is 29.7. The normalized spacial score (nSPS) is 39.6. The molecule has 0 amide bonds. The minimum Gasteiger partial charge on any atom is -0.463 e. The Morgan fingerprint density at radius 1 is 1.02 bits per heavy atom. The third-order valence-electron chi connectivity index (χ3n) is 13.5. The summed E-state index contributed by atoms with van der Waals surface area (Å²) in [6.07, 6.45) is 18.0. The number of nitrogens with two attached hydrogens (primary N) is 1. The molecule has 48 heavy (non-hydrogen) atoms. The summed E-state index contributed by atoms with van der Waals surface area (Å²) in [6.45, 7) is 7.93. The van der Waals surface area contributed by atoms with E-state index in [4.69, 9.17) is 15.2 Å². The van der Waals surface area contributed by atoms with Crippen LogP contribution in [0, 0.1) is 35.0 Å². The minimum absolute atomic E-state index is 0.00522. The van der Waals surface area contributed by atoms with Crippen LogP contribution in [0.25, 0.3) is 0 Å². The summed E-state index contributed by atoms with van der Waals surface area (Å²) in [5.74, 6) is -1.13. The molecule has 9 atom stereocenters. The summed E-state index contributed by atoms with van der Waals surface area (Å²) in [7, 11) is 0. The van der Waals surface area contributed by atoms with E-state index in [0.29, 0.717) is 24.7 Å². The number of esters is 1. The Kier molecular flexibility index (Phi) is 11.0. The lowest BCUT2D eigenvalue weighted by Gasteiger charge is -2.47. The van der Waals surface area contributed by atoms with Crippen molar-refractivity contribution in [1.82, 2.24) is 10.6 Å². The molecule has 0 spiro atoms. The fourth-order valence-corrected chi connectivity index (χ4v) is 10.6. The molecule has 4 aliphatic carbocycles.